The minimum atomic E-state index is -3.44. The third kappa shape index (κ3) is 5.06. The first kappa shape index (κ1) is 30.1. The molecule has 1 atom stereocenters. The number of amides is 1. The Balaban J connectivity index is 1.05. The van der Waals surface area contributed by atoms with Crippen molar-refractivity contribution in [3.63, 3.8) is 0 Å². The molecule has 0 radical (unpaired) electrons. The summed E-state index contributed by atoms with van der Waals surface area (Å²) in [6, 6.07) is 15.4. The van der Waals surface area contributed by atoms with Gasteiger partial charge in [-0.3, -0.25) is 9.52 Å². The van der Waals surface area contributed by atoms with Crippen LogP contribution in [0.5, 0.6) is 0 Å². The number of carbonyl (C=O) groups is 1. The molecular weight excluding hydrogens is 603 g/mol. The van der Waals surface area contributed by atoms with E-state index in [1.54, 1.807) is 26.0 Å². The second kappa shape index (κ2) is 10.6. The Hall–Kier alpha value is -3.27. The van der Waals surface area contributed by atoms with Crippen LogP contribution in [-0.2, 0) is 20.2 Å². The molecular formula is C36H43FN4O4S. The first-order chi connectivity index (χ1) is 22.0. The van der Waals surface area contributed by atoms with Crippen molar-refractivity contribution >= 4 is 27.3 Å². The number of nitrogens with zero attached hydrogens (tertiary/aromatic N) is 3. The highest BCUT2D eigenvalue weighted by Gasteiger charge is 2.62. The SMILES string of the molecule is CC(C)S(=O)(=O)Nc1ccc(-c2cccc(N(CC34CCC(c5nc(C6CC6)no5)(CC3)CC4)C(=O)C34CC(F)C(C3)C4)c2)cc1. The molecule has 0 spiro atoms. The number of alkyl halides is 1. The number of hydrogen-bond acceptors (Lipinski definition) is 6. The van der Waals surface area contributed by atoms with E-state index < -0.39 is 26.9 Å². The molecule has 4 bridgehead atoms. The molecule has 244 valence electrons. The van der Waals surface area contributed by atoms with Crippen molar-refractivity contribution < 1.29 is 22.1 Å². The second-order valence-corrected chi connectivity index (χ2v) is 17.6. The third-order valence-corrected chi connectivity index (χ3v) is 13.9. The first-order valence-corrected chi connectivity index (χ1v) is 18.6. The highest BCUT2D eigenvalue weighted by Crippen LogP contribution is 2.62. The van der Waals surface area contributed by atoms with Crippen molar-refractivity contribution in [3.05, 3.63) is 60.2 Å². The number of benzene rings is 2. The normalized spacial score (nSPS) is 31.6. The summed E-state index contributed by atoms with van der Waals surface area (Å²) in [7, 11) is -3.44. The predicted octanol–water partition coefficient (Wildman–Crippen LogP) is 7.53. The summed E-state index contributed by atoms with van der Waals surface area (Å²) >= 11 is 0. The molecule has 7 aliphatic rings. The van der Waals surface area contributed by atoms with Gasteiger partial charge in [0.1, 0.15) is 6.17 Å². The number of fused-ring (bicyclic) bond motifs is 4. The van der Waals surface area contributed by atoms with E-state index in [1.165, 1.54) is 0 Å². The van der Waals surface area contributed by atoms with Gasteiger partial charge in [0.15, 0.2) is 5.82 Å². The van der Waals surface area contributed by atoms with Crippen molar-refractivity contribution in [1.82, 2.24) is 10.1 Å². The van der Waals surface area contributed by atoms with Crippen LogP contribution in [0.2, 0.25) is 0 Å². The van der Waals surface area contributed by atoms with Crippen LogP contribution in [0.4, 0.5) is 15.8 Å². The van der Waals surface area contributed by atoms with Gasteiger partial charge in [0, 0.05) is 29.3 Å². The van der Waals surface area contributed by atoms with Crippen molar-refractivity contribution in [1.29, 1.82) is 0 Å². The number of aromatic nitrogens is 2. The minimum Gasteiger partial charge on any atom is -0.339 e. The number of halogens is 1. The Morgan fingerprint density at radius 1 is 1.00 bits per heavy atom. The molecule has 0 aliphatic heterocycles. The van der Waals surface area contributed by atoms with Gasteiger partial charge in [-0.15, -0.1) is 0 Å². The molecule has 46 heavy (non-hydrogen) atoms. The minimum absolute atomic E-state index is 0.00447. The lowest BCUT2D eigenvalue weighted by Gasteiger charge is -2.54. The van der Waals surface area contributed by atoms with Crippen molar-refractivity contribution in [2.45, 2.75) is 107 Å². The first-order valence-electron chi connectivity index (χ1n) is 17.0. The number of anilines is 2. The molecule has 7 fully saturated rings. The van der Waals surface area contributed by atoms with Crippen LogP contribution >= 0.6 is 0 Å². The van der Waals surface area contributed by atoms with Crippen LogP contribution in [0.15, 0.2) is 53.1 Å². The average molecular weight is 647 g/mol. The molecule has 10 heteroatoms. The zero-order valence-corrected chi connectivity index (χ0v) is 27.5. The van der Waals surface area contributed by atoms with Crippen molar-refractivity contribution in [3.8, 4) is 11.1 Å². The molecule has 7 saturated carbocycles. The molecule has 1 N–H and O–H groups in total. The number of carbonyl (C=O) groups excluding carboxylic acids is 1. The topological polar surface area (TPSA) is 105 Å². The van der Waals surface area contributed by atoms with E-state index in [0.717, 1.165) is 79.9 Å². The highest BCUT2D eigenvalue weighted by molar-refractivity contribution is 7.93. The maximum absolute atomic E-state index is 14.7. The molecule has 1 aromatic heterocycles. The van der Waals surface area contributed by atoms with Gasteiger partial charge in [0.2, 0.25) is 21.8 Å². The van der Waals surface area contributed by atoms with Gasteiger partial charge in [-0.25, -0.2) is 12.8 Å². The lowest BCUT2D eigenvalue weighted by molar-refractivity contribution is -0.132. The Morgan fingerprint density at radius 2 is 1.70 bits per heavy atom. The third-order valence-electron chi connectivity index (χ3n) is 12.1. The molecule has 7 aliphatic carbocycles. The van der Waals surface area contributed by atoms with E-state index in [2.05, 4.69) is 15.9 Å². The number of rotatable bonds is 10. The summed E-state index contributed by atoms with van der Waals surface area (Å²) in [6.07, 6.45) is 8.95. The smallest absolute Gasteiger partial charge is 0.235 e. The Bertz CT molecular complexity index is 1740. The number of nitrogens with one attached hydrogen (secondary N) is 1. The average Bonchev–Trinajstić information content (AvgIpc) is 3.52. The summed E-state index contributed by atoms with van der Waals surface area (Å²) < 4.78 is 47.9. The Morgan fingerprint density at radius 3 is 2.30 bits per heavy atom. The van der Waals surface area contributed by atoms with Gasteiger partial charge in [0.25, 0.3) is 0 Å². The van der Waals surface area contributed by atoms with Crippen LogP contribution < -0.4 is 9.62 Å². The number of sulfonamides is 1. The fourth-order valence-corrected chi connectivity index (χ4v) is 9.42. The van der Waals surface area contributed by atoms with Crippen LogP contribution in [0, 0.1) is 16.7 Å². The van der Waals surface area contributed by atoms with Gasteiger partial charge < -0.3 is 9.42 Å². The standard InChI is InChI=1S/C36H43FN4O4S/c1-23(2)46(43,44)40-28-10-8-24(9-11-28)26-4-3-5-29(18-26)41(33(42)36-19-27(20-36)30(37)21-36)22-34-12-15-35(16-13-34,17-14-34)32-38-31(39-45-32)25-6-7-25/h3-5,8-11,18,23,25,27,30,40H,6-7,12-17,19-22H2,1-2H3. The van der Waals surface area contributed by atoms with E-state index in [4.69, 9.17) is 9.51 Å². The van der Waals surface area contributed by atoms with Crippen LogP contribution in [-0.4, -0.2) is 42.4 Å². The fraction of sp³-hybridized carbons (Fsp3) is 0.583. The lowest BCUT2D eigenvalue weighted by atomic mass is 9.53. The summed E-state index contributed by atoms with van der Waals surface area (Å²) in [4.78, 5) is 21.3. The Kier molecular flexibility index (Phi) is 6.95. The van der Waals surface area contributed by atoms with E-state index >= 15 is 0 Å². The van der Waals surface area contributed by atoms with E-state index in [1.807, 2.05) is 35.2 Å². The predicted molar refractivity (Wildman–Crippen MR) is 175 cm³/mol. The van der Waals surface area contributed by atoms with Crippen molar-refractivity contribution in [2.75, 3.05) is 16.2 Å². The zero-order chi connectivity index (χ0) is 31.9. The van der Waals surface area contributed by atoms with Gasteiger partial charge in [-0.05, 0) is 131 Å². The molecule has 1 unspecified atom stereocenters. The molecule has 1 amide bonds. The summed E-state index contributed by atoms with van der Waals surface area (Å²) in [5.41, 5.74) is 2.57. The molecule has 2 aromatic carbocycles. The van der Waals surface area contributed by atoms with Gasteiger partial charge >= 0.3 is 0 Å². The van der Waals surface area contributed by atoms with Crippen LogP contribution in [0.3, 0.4) is 0 Å². The lowest BCUT2D eigenvalue weighted by Crippen LogP contribution is -2.54. The maximum atomic E-state index is 14.7. The summed E-state index contributed by atoms with van der Waals surface area (Å²) in [6.45, 7) is 3.92. The van der Waals surface area contributed by atoms with Crippen LogP contribution in [0.1, 0.15) is 102 Å². The number of hydrogen-bond donors (Lipinski definition) is 1. The molecule has 8 nitrogen and oxygen atoms in total. The monoisotopic (exact) mass is 646 g/mol. The quantitative estimate of drug-likeness (QED) is 0.244. The molecule has 3 aromatic rings. The van der Waals surface area contributed by atoms with Crippen LogP contribution in [0.25, 0.3) is 11.1 Å². The van der Waals surface area contributed by atoms with E-state index in [0.29, 0.717) is 37.4 Å². The molecule has 1 heterocycles. The van der Waals surface area contributed by atoms with E-state index in [-0.39, 0.29) is 22.7 Å². The molecule has 0 saturated heterocycles. The van der Waals surface area contributed by atoms with E-state index in [9.17, 15) is 17.6 Å². The summed E-state index contributed by atoms with van der Waals surface area (Å²) in [5, 5.41) is 3.78. The largest absolute Gasteiger partial charge is 0.339 e. The highest BCUT2D eigenvalue weighted by atomic mass is 32.2. The Labute approximate surface area is 270 Å². The molecule has 10 rings (SSSR count). The fourth-order valence-electron chi connectivity index (χ4n) is 8.72. The van der Waals surface area contributed by atoms with Gasteiger partial charge in [0.05, 0.1) is 10.7 Å². The van der Waals surface area contributed by atoms with Crippen molar-refractivity contribution in [2.24, 2.45) is 16.7 Å². The maximum Gasteiger partial charge on any atom is 0.235 e. The van der Waals surface area contributed by atoms with Gasteiger partial charge in [-0.2, -0.15) is 4.98 Å². The van der Waals surface area contributed by atoms with Gasteiger partial charge in [-0.1, -0.05) is 29.4 Å². The zero-order valence-electron chi connectivity index (χ0n) is 26.7. The second-order valence-electron chi connectivity index (χ2n) is 15.4. The summed E-state index contributed by atoms with van der Waals surface area (Å²) in [5.74, 6) is 2.24.